The molecule has 0 saturated heterocycles. The highest BCUT2D eigenvalue weighted by atomic mass is 16.6. The fourth-order valence-electron chi connectivity index (χ4n) is 1.86. The third-order valence-electron chi connectivity index (χ3n) is 2.68. The van der Waals surface area contributed by atoms with E-state index < -0.39 is 4.92 Å². The van der Waals surface area contributed by atoms with Gasteiger partial charge in [0, 0.05) is 30.6 Å². The van der Waals surface area contributed by atoms with Crippen LogP contribution in [0, 0.1) is 15.5 Å². The molecule has 0 aliphatic carbocycles. The van der Waals surface area contributed by atoms with E-state index in [1.165, 1.54) is 16.7 Å². The molecule has 1 aliphatic rings. The van der Waals surface area contributed by atoms with Gasteiger partial charge >= 0.3 is 5.69 Å². The SMILES string of the molecule is CC1(C)CNc2c([N+](=O)[O-])ccc(=O)n2C1. The van der Waals surface area contributed by atoms with E-state index in [1.54, 1.807) is 0 Å². The van der Waals surface area contributed by atoms with Gasteiger partial charge in [-0.25, -0.2) is 0 Å². The van der Waals surface area contributed by atoms with E-state index in [0.29, 0.717) is 18.9 Å². The van der Waals surface area contributed by atoms with Gasteiger partial charge in [0.05, 0.1) is 4.92 Å². The lowest BCUT2D eigenvalue weighted by atomic mass is 9.91. The summed E-state index contributed by atoms with van der Waals surface area (Å²) in [6.07, 6.45) is 0. The molecule has 1 aromatic heterocycles. The number of rotatable bonds is 1. The molecule has 0 aromatic carbocycles. The van der Waals surface area contributed by atoms with E-state index in [4.69, 9.17) is 0 Å². The van der Waals surface area contributed by atoms with Crippen LogP contribution in [0.2, 0.25) is 0 Å². The number of fused-ring (bicyclic) bond motifs is 1. The van der Waals surface area contributed by atoms with Gasteiger partial charge in [-0.1, -0.05) is 13.8 Å². The Morgan fingerprint density at radius 1 is 1.50 bits per heavy atom. The maximum Gasteiger partial charge on any atom is 0.309 e. The summed E-state index contributed by atoms with van der Waals surface area (Å²) in [4.78, 5) is 21.9. The monoisotopic (exact) mass is 223 g/mol. The number of pyridine rings is 1. The van der Waals surface area contributed by atoms with Crippen molar-refractivity contribution >= 4 is 11.5 Å². The number of nitro groups is 1. The zero-order valence-corrected chi connectivity index (χ0v) is 9.19. The Bertz CT molecular complexity index is 505. The third kappa shape index (κ3) is 1.66. The molecule has 0 unspecified atom stereocenters. The summed E-state index contributed by atoms with van der Waals surface area (Å²) < 4.78 is 1.43. The van der Waals surface area contributed by atoms with Gasteiger partial charge < -0.3 is 5.32 Å². The van der Waals surface area contributed by atoms with Gasteiger partial charge in [-0.3, -0.25) is 19.5 Å². The highest BCUT2D eigenvalue weighted by Crippen LogP contribution is 2.30. The maximum atomic E-state index is 11.6. The molecule has 0 saturated carbocycles. The average Bonchev–Trinajstić information content (AvgIpc) is 2.18. The molecule has 86 valence electrons. The van der Waals surface area contributed by atoms with E-state index in [1.807, 2.05) is 13.8 Å². The van der Waals surface area contributed by atoms with Crippen molar-refractivity contribution in [1.29, 1.82) is 0 Å². The minimum Gasteiger partial charge on any atom is -0.365 e. The van der Waals surface area contributed by atoms with Crippen LogP contribution in [0.25, 0.3) is 0 Å². The molecule has 1 N–H and O–H groups in total. The number of anilines is 1. The zero-order valence-electron chi connectivity index (χ0n) is 9.19. The molecule has 2 rings (SSSR count). The number of hydrogen-bond donors (Lipinski definition) is 1. The summed E-state index contributed by atoms with van der Waals surface area (Å²) in [5, 5.41) is 13.8. The summed E-state index contributed by atoms with van der Waals surface area (Å²) in [5.74, 6) is 0.317. The van der Waals surface area contributed by atoms with Crippen molar-refractivity contribution in [1.82, 2.24) is 4.57 Å². The van der Waals surface area contributed by atoms with Gasteiger partial charge in [0.25, 0.3) is 5.56 Å². The van der Waals surface area contributed by atoms with Crippen molar-refractivity contribution in [2.24, 2.45) is 5.41 Å². The Kier molecular flexibility index (Phi) is 2.22. The van der Waals surface area contributed by atoms with Crippen LogP contribution in [0.15, 0.2) is 16.9 Å². The number of nitrogens with zero attached hydrogens (tertiary/aromatic N) is 2. The summed E-state index contributed by atoms with van der Waals surface area (Å²) in [7, 11) is 0. The van der Waals surface area contributed by atoms with E-state index in [-0.39, 0.29) is 16.7 Å². The molecule has 2 heterocycles. The molecule has 0 bridgehead atoms. The Morgan fingerprint density at radius 3 is 2.81 bits per heavy atom. The largest absolute Gasteiger partial charge is 0.365 e. The second kappa shape index (κ2) is 3.33. The number of aromatic nitrogens is 1. The lowest BCUT2D eigenvalue weighted by Crippen LogP contribution is -2.40. The normalized spacial score (nSPS) is 17.4. The van der Waals surface area contributed by atoms with Crippen molar-refractivity contribution in [3.05, 3.63) is 32.6 Å². The quantitative estimate of drug-likeness (QED) is 0.573. The van der Waals surface area contributed by atoms with Crippen LogP contribution >= 0.6 is 0 Å². The first-order valence-corrected chi connectivity index (χ1v) is 5.03. The predicted octanol–water partition coefficient (Wildman–Crippen LogP) is 1.21. The zero-order chi connectivity index (χ0) is 11.9. The van der Waals surface area contributed by atoms with Crippen molar-refractivity contribution in [3.8, 4) is 0 Å². The van der Waals surface area contributed by atoms with Crippen LogP contribution in [0.1, 0.15) is 13.8 Å². The predicted molar refractivity (Wildman–Crippen MR) is 59.6 cm³/mol. The fraction of sp³-hybridized carbons (Fsp3) is 0.500. The second-order valence-corrected chi connectivity index (χ2v) is 4.77. The van der Waals surface area contributed by atoms with Crippen LogP contribution in [0.5, 0.6) is 0 Å². The minimum atomic E-state index is -0.476. The molecule has 0 atom stereocenters. The van der Waals surface area contributed by atoms with Crippen LogP contribution in [0.3, 0.4) is 0 Å². The fourth-order valence-corrected chi connectivity index (χ4v) is 1.86. The first-order valence-electron chi connectivity index (χ1n) is 5.03. The van der Waals surface area contributed by atoms with E-state index >= 15 is 0 Å². The van der Waals surface area contributed by atoms with Gasteiger partial charge in [0.15, 0.2) is 5.82 Å². The third-order valence-corrected chi connectivity index (χ3v) is 2.68. The first kappa shape index (κ1) is 10.7. The van der Waals surface area contributed by atoms with E-state index in [0.717, 1.165) is 0 Å². The number of nitrogens with one attached hydrogen (secondary N) is 1. The van der Waals surface area contributed by atoms with Crippen LogP contribution < -0.4 is 10.9 Å². The van der Waals surface area contributed by atoms with Crippen molar-refractivity contribution < 1.29 is 4.92 Å². The van der Waals surface area contributed by atoms with E-state index in [2.05, 4.69) is 5.32 Å². The first-order chi connectivity index (χ1) is 7.41. The van der Waals surface area contributed by atoms with Gasteiger partial charge in [-0.15, -0.1) is 0 Å². The summed E-state index contributed by atoms with van der Waals surface area (Å²) in [6, 6.07) is 2.49. The molecule has 6 heteroatoms. The molecule has 16 heavy (non-hydrogen) atoms. The summed E-state index contributed by atoms with van der Waals surface area (Å²) in [6.45, 7) is 5.13. The topological polar surface area (TPSA) is 77.2 Å². The minimum absolute atomic E-state index is 0.0462. The molecule has 0 spiro atoms. The molecule has 0 radical (unpaired) electrons. The lowest BCUT2D eigenvalue weighted by Gasteiger charge is -2.32. The van der Waals surface area contributed by atoms with Crippen molar-refractivity contribution in [3.63, 3.8) is 0 Å². The average molecular weight is 223 g/mol. The summed E-state index contributed by atoms with van der Waals surface area (Å²) in [5.41, 5.74) is -0.331. The van der Waals surface area contributed by atoms with Crippen LogP contribution in [0.4, 0.5) is 11.5 Å². The Labute approximate surface area is 92.0 Å². The Morgan fingerprint density at radius 2 is 2.19 bits per heavy atom. The maximum absolute atomic E-state index is 11.6. The smallest absolute Gasteiger partial charge is 0.309 e. The highest BCUT2D eigenvalue weighted by Gasteiger charge is 2.30. The molecular weight excluding hydrogens is 210 g/mol. The Balaban J connectivity index is 2.61. The van der Waals surface area contributed by atoms with Gasteiger partial charge in [0.2, 0.25) is 0 Å². The van der Waals surface area contributed by atoms with Crippen LogP contribution in [-0.4, -0.2) is 16.0 Å². The van der Waals surface area contributed by atoms with Crippen LogP contribution in [-0.2, 0) is 6.54 Å². The summed E-state index contributed by atoms with van der Waals surface area (Å²) >= 11 is 0. The molecule has 0 fully saturated rings. The molecule has 0 amide bonds. The highest BCUT2D eigenvalue weighted by molar-refractivity contribution is 5.57. The lowest BCUT2D eigenvalue weighted by molar-refractivity contribution is -0.384. The molecule has 6 nitrogen and oxygen atoms in total. The second-order valence-electron chi connectivity index (χ2n) is 4.77. The van der Waals surface area contributed by atoms with Gasteiger partial charge in [-0.05, 0) is 0 Å². The molecule has 1 aliphatic heterocycles. The molecule has 1 aromatic rings. The van der Waals surface area contributed by atoms with Gasteiger partial charge in [0.1, 0.15) is 0 Å². The van der Waals surface area contributed by atoms with Crippen molar-refractivity contribution in [2.45, 2.75) is 20.4 Å². The number of hydrogen-bond acceptors (Lipinski definition) is 4. The molecular formula is C10H13N3O3. The van der Waals surface area contributed by atoms with Gasteiger partial charge in [-0.2, -0.15) is 0 Å². The standard InChI is InChI=1S/C10H13N3O3/c1-10(2)5-11-9-7(13(15)16)3-4-8(14)12(9)6-10/h3-4,11H,5-6H2,1-2H3. The Hall–Kier alpha value is -1.85. The van der Waals surface area contributed by atoms with Crippen molar-refractivity contribution in [2.75, 3.05) is 11.9 Å². The van der Waals surface area contributed by atoms with E-state index in [9.17, 15) is 14.9 Å².